The Balaban J connectivity index is 1.35. The summed E-state index contributed by atoms with van der Waals surface area (Å²) in [5.74, 6) is 0.304. The zero-order chi connectivity index (χ0) is 17.9. The van der Waals surface area contributed by atoms with E-state index in [1.165, 1.54) is 17.5 Å². The number of Topliss-reactive ketones (excluding diaryl/α,β-unsaturated/α-hetero) is 1. The van der Waals surface area contributed by atoms with Gasteiger partial charge in [-0.2, -0.15) is 0 Å². The van der Waals surface area contributed by atoms with Gasteiger partial charge in [-0.15, -0.1) is 0 Å². The molecule has 1 aliphatic carbocycles. The molecule has 5 nitrogen and oxygen atoms in total. The Morgan fingerprint density at radius 2 is 1.77 bits per heavy atom. The number of fused-ring (bicyclic) bond motifs is 2. The highest BCUT2D eigenvalue weighted by Crippen LogP contribution is 2.31. The van der Waals surface area contributed by atoms with Crippen LogP contribution in [0.4, 0.5) is 0 Å². The van der Waals surface area contributed by atoms with Crippen molar-refractivity contribution in [3.8, 4) is 11.5 Å². The minimum absolute atomic E-state index is 0.0723. The number of ether oxygens (including phenoxy) is 3. The Hall–Kier alpha value is -2.82. The van der Waals surface area contributed by atoms with Gasteiger partial charge in [-0.1, -0.05) is 24.3 Å². The van der Waals surface area contributed by atoms with Gasteiger partial charge in [0.1, 0.15) is 6.61 Å². The van der Waals surface area contributed by atoms with E-state index in [9.17, 15) is 9.59 Å². The third-order valence-corrected chi connectivity index (χ3v) is 4.79. The van der Waals surface area contributed by atoms with Crippen LogP contribution in [0.15, 0.2) is 42.5 Å². The molecule has 2 aromatic rings. The van der Waals surface area contributed by atoms with Crippen molar-refractivity contribution in [2.75, 3.05) is 13.2 Å². The number of benzene rings is 2. The largest absolute Gasteiger partial charge is 0.485 e. The minimum atomic E-state index is -0.860. The van der Waals surface area contributed by atoms with E-state index in [0.717, 1.165) is 19.3 Å². The second kappa shape index (κ2) is 7.20. The van der Waals surface area contributed by atoms with Crippen LogP contribution in [0.25, 0.3) is 0 Å². The first-order chi connectivity index (χ1) is 12.7. The molecule has 1 atom stereocenters. The average molecular weight is 352 g/mol. The summed E-state index contributed by atoms with van der Waals surface area (Å²) in [6.45, 7) is -0.220. The molecule has 4 rings (SSSR count). The Morgan fingerprint density at radius 1 is 1.00 bits per heavy atom. The van der Waals surface area contributed by atoms with Gasteiger partial charge in [0.15, 0.2) is 23.9 Å². The van der Waals surface area contributed by atoms with Crippen LogP contribution >= 0.6 is 0 Å². The molecule has 0 unspecified atom stereocenters. The molecule has 5 heteroatoms. The van der Waals surface area contributed by atoms with Crippen LogP contribution in [-0.4, -0.2) is 31.1 Å². The van der Waals surface area contributed by atoms with Crippen molar-refractivity contribution in [2.24, 2.45) is 0 Å². The molecule has 0 saturated heterocycles. The van der Waals surface area contributed by atoms with E-state index in [1.54, 1.807) is 18.2 Å². The lowest BCUT2D eigenvalue weighted by molar-refractivity contribution is -0.153. The van der Waals surface area contributed by atoms with Crippen LogP contribution in [0, 0.1) is 0 Å². The van der Waals surface area contributed by atoms with Crippen LogP contribution < -0.4 is 9.47 Å². The number of esters is 1. The number of rotatable bonds is 4. The van der Waals surface area contributed by atoms with E-state index in [1.807, 2.05) is 24.3 Å². The van der Waals surface area contributed by atoms with E-state index in [4.69, 9.17) is 14.2 Å². The number of hydrogen-bond acceptors (Lipinski definition) is 5. The summed E-state index contributed by atoms with van der Waals surface area (Å²) in [5.41, 5.74) is 3.13. The molecule has 26 heavy (non-hydrogen) atoms. The van der Waals surface area contributed by atoms with Crippen LogP contribution in [0.2, 0.25) is 0 Å². The molecular formula is C21H20O5. The molecule has 0 aromatic heterocycles. The number of aryl methyl sites for hydroxylation is 2. The molecule has 0 fully saturated rings. The smallest absolute Gasteiger partial charge is 0.351 e. The minimum Gasteiger partial charge on any atom is -0.485 e. The molecule has 0 saturated carbocycles. The normalized spacial score (nSPS) is 17.9. The lowest BCUT2D eigenvalue weighted by atomic mass is 9.90. The highest BCUT2D eigenvalue weighted by atomic mass is 16.6. The predicted molar refractivity (Wildman–Crippen MR) is 94.7 cm³/mol. The number of para-hydroxylation sites is 2. The third-order valence-electron chi connectivity index (χ3n) is 4.79. The quantitative estimate of drug-likeness (QED) is 0.625. The first-order valence-corrected chi connectivity index (χ1v) is 8.91. The van der Waals surface area contributed by atoms with Crippen molar-refractivity contribution < 1.29 is 23.8 Å². The molecule has 134 valence electrons. The van der Waals surface area contributed by atoms with Gasteiger partial charge in [-0.3, -0.25) is 4.79 Å². The van der Waals surface area contributed by atoms with Crippen LogP contribution in [0.3, 0.4) is 0 Å². The Kier molecular flexibility index (Phi) is 4.61. The summed E-state index contributed by atoms with van der Waals surface area (Å²) in [6.07, 6.45) is 3.56. The molecule has 2 aliphatic rings. The van der Waals surface area contributed by atoms with Gasteiger partial charge in [-0.25, -0.2) is 4.79 Å². The number of carbonyl (C=O) groups excluding carboxylic acids is 2. The summed E-state index contributed by atoms with van der Waals surface area (Å²) in [7, 11) is 0. The SMILES string of the molecule is O=C(COC(=O)[C@@H]1COc2ccccc2O1)c1ccc2c(c1)CCCC2. The van der Waals surface area contributed by atoms with Crippen molar-refractivity contribution in [1.82, 2.24) is 0 Å². The van der Waals surface area contributed by atoms with Crippen molar-refractivity contribution in [2.45, 2.75) is 31.8 Å². The number of hydrogen-bond donors (Lipinski definition) is 0. The highest BCUT2D eigenvalue weighted by molar-refractivity contribution is 5.98. The van der Waals surface area contributed by atoms with Gasteiger partial charge >= 0.3 is 5.97 Å². The zero-order valence-corrected chi connectivity index (χ0v) is 14.4. The second-order valence-corrected chi connectivity index (χ2v) is 6.59. The van der Waals surface area contributed by atoms with E-state index in [0.29, 0.717) is 17.1 Å². The van der Waals surface area contributed by atoms with Gasteiger partial charge in [0.25, 0.3) is 0 Å². The van der Waals surface area contributed by atoms with Gasteiger partial charge in [0.05, 0.1) is 0 Å². The molecule has 0 spiro atoms. The fourth-order valence-corrected chi connectivity index (χ4v) is 3.36. The molecule has 1 aliphatic heterocycles. The van der Waals surface area contributed by atoms with Crippen LogP contribution in [-0.2, 0) is 22.4 Å². The molecular weight excluding hydrogens is 332 g/mol. The lowest BCUT2D eigenvalue weighted by Crippen LogP contribution is -2.38. The van der Waals surface area contributed by atoms with Crippen LogP contribution in [0.1, 0.15) is 34.3 Å². The van der Waals surface area contributed by atoms with E-state index in [-0.39, 0.29) is 19.0 Å². The van der Waals surface area contributed by atoms with Crippen LogP contribution in [0.5, 0.6) is 11.5 Å². The van der Waals surface area contributed by atoms with E-state index >= 15 is 0 Å². The molecule has 0 radical (unpaired) electrons. The third kappa shape index (κ3) is 3.43. The van der Waals surface area contributed by atoms with Gasteiger partial charge in [-0.05, 0) is 55.0 Å². The highest BCUT2D eigenvalue weighted by Gasteiger charge is 2.29. The van der Waals surface area contributed by atoms with Gasteiger partial charge in [0, 0.05) is 5.56 Å². The topological polar surface area (TPSA) is 61.8 Å². The molecule has 0 N–H and O–H groups in total. The van der Waals surface area contributed by atoms with Crippen molar-refractivity contribution >= 4 is 11.8 Å². The number of ketones is 1. The summed E-state index contributed by atoms with van der Waals surface area (Å²) in [4.78, 5) is 24.6. The number of carbonyl (C=O) groups is 2. The van der Waals surface area contributed by atoms with E-state index < -0.39 is 12.1 Å². The zero-order valence-electron chi connectivity index (χ0n) is 14.4. The summed E-state index contributed by atoms with van der Waals surface area (Å²) in [6, 6.07) is 12.9. The first-order valence-electron chi connectivity index (χ1n) is 8.91. The second-order valence-electron chi connectivity index (χ2n) is 6.59. The molecule has 0 amide bonds. The maximum Gasteiger partial charge on any atom is 0.351 e. The summed E-state index contributed by atoms with van der Waals surface area (Å²) < 4.78 is 16.3. The average Bonchev–Trinajstić information content (AvgIpc) is 2.71. The monoisotopic (exact) mass is 352 g/mol. The molecule has 2 aromatic carbocycles. The van der Waals surface area contributed by atoms with Crippen molar-refractivity contribution in [3.63, 3.8) is 0 Å². The molecule has 0 bridgehead atoms. The summed E-state index contributed by atoms with van der Waals surface area (Å²) >= 11 is 0. The lowest BCUT2D eigenvalue weighted by Gasteiger charge is -2.24. The predicted octanol–water partition coefficient (Wildman–Crippen LogP) is 3.13. The molecule has 1 heterocycles. The Labute approximate surface area is 151 Å². The fourth-order valence-electron chi connectivity index (χ4n) is 3.36. The van der Waals surface area contributed by atoms with Crippen molar-refractivity contribution in [1.29, 1.82) is 0 Å². The fraction of sp³-hybridized carbons (Fsp3) is 0.333. The maximum atomic E-state index is 12.4. The van der Waals surface area contributed by atoms with Gasteiger partial charge in [0.2, 0.25) is 6.10 Å². The summed E-state index contributed by atoms with van der Waals surface area (Å²) in [5, 5.41) is 0. The maximum absolute atomic E-state index is 12.4. The standard InChI is InChI=1S/C21H20O5/c22-17(16-10-9-14-5-1-2-6-15(14)11-16)12-25-21(23)20-13-24-18-7-3-4-8-19(18)26-20/h3-4,7-11,20H,1-2,5-6,12-13H2/t20-/m0/s1. The first kappa shape index (κ1) is 16.6. The Morgan fingerprint density at radius 3 is 2.62 bits per heavy atom. The van der Waals surface area contributed by atoms with Crippen molar-refractivity contribution in [3.05, 3.63) is 59.2 Å². The van der Waals surface area contributed by atoms with E-state index in [2.05, 4.69) is 0 Å². The van der Waals surface area contributed by atoms with Gasteiger partial charge < -0.3 is 14.2 Å². The Bertz CT molecular complexity index is 842.